The van der Waals surface area contributed by atoms with Gasteiger partial charge in [0.15, 0.2) is 5.13 Å². The molecule has 0 saturated carbocycles. The molecule has 0 bridgehead atoms. The zero-order chi connectivity index (χ0) is 24.4. The molecule has 180 valence electrons. The van der Waals surface area contributed by atoms with Gasteiger partial charge < -0.3 is 14.7 Å². The van der Waals surface area contributed by atoms with Crippen molar-refractivity contribution in [2.24, 2.45) is 0 Å². The van der Waals surface area contributed by atoms with Crippen molar-refractivity contribution in [2.75, 3.05) is 18.5 Å². The van der Waals surface area contributed by atoms with Crippen LogP contribution in [0.25, 0.3) is 11.1 Å². The molecule has 3 aromatic rings. The van der Waals surface area contributed by atoms with Crippen LogP contribution in [0.2, 0.25) is 0 Å². The van der Waals surface area contributed by atoms with E-state index in [1.54, 1.807) is 5.38 Å². The number of aromatic nitrogens is 1. The highest BCUT2D eigenvalue weighted by atomic mass is 32.1. The normalized spacial score (nSPS) is 16.9. The summed E-state index contributed by atoms with van der Waals surface area (Å²) in [5.74, 6) is -1.28. The van der Waals surface area contributed by atoms with Gasteiger partial charge in [-0.25, -0.2) is 14.6 Å². The van der Waals surface area contributed by atoms with Crippen molar-refractivity contribution in [2.45, 2.75) is 37.6 Å². The van der Waals surface area contributed by atoms with Gasteiger partial charge in [0.2, 0.25) is 5.91 Å². The monoisotopic (exact) mass is 491 g/mol. The van der Waals surface area contributed by atoms with Gasteiger partial charge in [-0.15, -0.1) is 11.3 Å². The van der Waals surface area contributed by atoms with E-state index in [4.69, 9.17) is 4.74 Å². The second-order valence-corrected chi connectivity index (χ2v) is 9.57. The second kappa shape index (κ2) is 9.87. The van der Waals surface area contributed by atoms with Crippen LogP contribution in [0.5, 0.6) is 0 Å². The Morgan fingerprint density at radius 2 is 1.74 bits per heavy atom. The molecule has 2 aromatic carbocycles. The summed E-state index contributed by atoms with van der Waals surface area (Å²) in [5.41, 5.74) is 5.07. The number of carboxylic acids is 1. The molecule has 2 heterocycles. The Balaban J connectivity index is 1.18. The molecule has 1 aromatic heterocycles. The third kappa shape index (κ3) is 4.77. The average Bonchev–Trinajstić information content (AvgIpc) is 3.44. The minimum absolute atomic E-state index is 0.00729. The number of nitrogens with one attached hydrogen (secondary N) is 1. The lowest BCUT2D eigenvalue weighted by molar-refractivity contribution is -0.151. The van der Waals surface area contributed by atoms with Gasteiger partial charge in [-0.1, -0.05) is 48.5 Å². The van der Waals surface area contributed by atoms with Crippen LogP contribution in [0.4, 0.5) is 9.93 Å². The molecule has 5 rings (SSSR count). The summed E-state index contributed by atoms with van der Waals surface area (Å²) in [6.07, 6.45) is 1.44. The lowest BCUT2D eigenvalue weighted by atomic mass is 9.98. The Morgan fingerprint density at radius 3 is 2.43 bits per heavy atom. The number of thiazole rings is 1. The standard InChI is InChI=1S/C26H25N3O5S/c30-23(29-12-6-5-11-22(29)24(31)32)13-16-15-35-25(27-16)28-26(33)34-14-21-19-9-3-1-7-17(19)18-8-2-4-10-20(18)21/h1-4,7-10,15,21-22H,5-6,11-14H2,(H,31,32)(H,27,28,33). The number of hydrogen-bond acceptors (Lipinski definition) is 6. The number of piperidine rings is 1. The molecule has 1 fully saturated rings. The van der Waals surface area contributed by atoms with Crippen LogP contribution in [0.15, 0.2) is 53.9 Å². The van der Waals surface area contributed by atoms with Crippen molar-refractivity contribution in [3.8, 4) is 11.1 Å². The van der Waals surface area contributed by atoms with Crippen molar-refractivity contribution >= 4 is 34.4 Å². The van der Waals surface area contributed by atoms with Crippen LogP contribution in [0, 0.1) is 0 Å². The van der Waals surface area contributed by atoms with Crippen molar-refractivity contribution in [3.63, 3.8) is 0 Å². The quantitative estimate of drug-likeness (QED) is 0.525. The predicted molar refractivity (Wildman–Crippen MR) is 131 cm³/mol. The largest absolute Gasteiger partial charge is 0.480 e. The number of aliphatic carboxylic acids is 1. The first-order chi connectivity index (χ1) is 17.0. The van der Waals surface area contributed by atoms with Crippen molar-refractivity contribution in [1.29, 1.82) is 0 Å². The zero-order valence-corrected chi connectivity index (χ0v) is 19.8. The molecule has 2 amide bonds. The molecule has 35 heavy (non-hydrogen) atoms. The highest BCUT2D eigenvalue weighted by Gasteiger charge is 2.32. The number of fused-ring (bicyclic) bond motifs is 3. The molecule has 8 nitrogen and oxygen atoms in total. The van der Waals surface area contributed by atoms with Crippen molar-refractivity contribution < 1.29 is 24.2 Å². The van der Waals surface area contributed by atoms with E-state index in [2.05, 4.69) is 34.6 Å². The number of amides is 2. The summed E-state index contributed by atoms with van der Waals surface area (Å²) >= 11 is 1.20. The molecule has 0 radical (unpaired) electrons. The third-order valence-corrected chi connectivity index (χ3v) is 7.35. The number of hydrogen-bond donors (Lipinski definition) is 2. The van der Waals surface area contributed by atoms with Crippen LogP contribution >= 0.6 is 11.3 Å². The zero-order valence-electron chi connectivity index (χ0n) is 19.0. The number of likely N-dealkylation sites (tertiary alicyclic amines) is 1. The van der Waals surface area contributed by atoms with Crippen molar-refractivity contribution in [3.05, 3.63) is 70.7 Å². The first-order valence-corrected chi connectivity index (χ1v) is 12.5. The molecular formula is C26H25N3O5S. The lowest BCUT2D eigenvalue weighted by Gasteiger charge is -2.32. The van der Waals surface area contributed by atoms with Gasteiger partial charge in [0.25, 0.3) is 0 Å². The topological polar surface area (TPSA) is 109 Å². The molecule has 1 saturated heterocycles. The summed E-state index contributed by atoms with van der Waals surface area (Å²) in [5, 5.41) is 14.1. The summed E-state index contributed by atoms with van der Waals surface area (Å²) in [4.78, 5) is 42.4. The van der Waals surface area contributed by atoms with Gasteiger partial charge in [0.05, 0.1) is 12.1 Å². The van der Waals surface area contributed by atoms with Crippen LogP contribution in [0.1, 0.15) is 42.0 Å². The Bertz CT molecular complexity index is 1230. The summed E-state index contributed by atoms with van der Waals surface area (Å²) in [6, 6.07) is 15.5. The van der Waals surface area contributed by atoms with Gasteiger partial charge in [-0.2, -0.15) is 0 Å². The maximum Gasteiger partial charge on any atom is 0.413 e. The Hall–Kier alpha value is -3.72. The highest BCUT2D eigenvalue weighted by Crippen LogP contribution is 2.44. The average molecular weight is 492 g/mol. The Kier molecular flexibility index (Phi) is 6.50. The molecule has 1 unspecified atom stereocenters. The number of carboxylic acid groups (broad SMARTS) is 1. The van der Waals surface area contributed by atoms with Crippen LogP contribution in [-0.2, 0) is 20.7 Å². The minimum atomic E-state index is -0.978. The van der Waals surface area contributed by atoms with Gasteiger partial charge in [-0.05, 0) is 41.5 Å². The Morgan fingerprint density at radius 1 is 1.06 bits per heavy atom. The fourth-order valence-electron chi connectivity index (χ4n) is 4.91. The van der Waals surface area contributed by atoms with E-state index < -0.39 is 18.1 Å². The smallest absolute Gasteiger partial charge is 0.413 e. The number of rotatable bonds is 6. The lowest BCUT2D eigenvalue weighted by Crippen LogP contribution is -2.48. The highest BCUT2D eigenvalue weighted by molar-refractivity contribution is 7.13. The van der Waals surface area contributed by atoms with E-state index in [-0.39, 0.29) is 24.9 Å². The van der Waals surface area contributed by atoms with E-state index >= 15 is 0 Å². The van der Waals surface area contributed by atoms with E-state index in [9.17, 15) is 19.5 Å². The molecule has 1 aliphatic heterocycles. The minimum Gasteiger partial charge on any atom is -0.480 e. The first kappa shape index (κ1) is 23.0. The molecule has 2 aliphatic rings. The van der Waals surface area contributed by atoms with Crippen molar-refractivity contribution in [1.82, 2.24) is 9.88 Å². The molecule has 9 heteroatoms. The molecule has 2 N–H and O–H groups in total. The first-order valence-electron chi connectivity index (χ1n) is 11.6. The number of carbonyl (C=O) groups excluding carboxylic acids is 2. The fraction of sp³-hybridized carbons (Fsp3) is 0.308. The maximum atomic E-state index is 12.7. The molecular weight excluding hydrogens is 466 g/mol. The SMILES string of the molecule is O=C(Nc1nc(CC(=O)N2CCCCC2C(=O)O)cs1)OCC1c2ccccc2-c2ccccc21. The van der Waals surface area contributed by atoms with E-state index in [0.29, 0.717) is 23.8 Å². The predicted octanol–water partition coefficient (Wildman–Crippen LogP) is 4.51. The molecule has 1 atom stereocenters. The Labute approximate surface area is 206 Å². The third-order valence-electron chi connectivity index (χ3n) is 6.54. The van der Waals surface area contributed by atoms with E-state index in [1.807, 2.05) is 24.3 Å². The summed E-state index contributed by atoms with van der Waals surface area (Å²) in [7, 11) is 0. The van der Waals surface area contributed by atoms with E-state index in [1.165, 1.54) is 16.2 Å². The molecule has 1 aliphatic carbocycles. The molecule has 0 spiro atoms. The van der Waals surface area contributed by atoms with Crippen LogP contribution < -0.4 is 5.32 Å². The van der Waals surface area contributed by atoms with Crippen LogP contribution in [0.3, 0.4) is 0 Å². The van der Waals surface area contributed by atoms with Crippen LogP contribution in [-0.4, -0.2) is 52.2 Å². The number of nitrogens with zero attached hydrogens (tertiary/aromatic N) is 2. The maximum absolute atomic E-state index is 12.7. The summed E-state index contributed by atoms with van der Waals surface area (Å²) in [6.45, 7) is 0.632. The van der Waals surface area contributed by atoms with Gasteiger partial charge in [-0.3, -0.25) is 10.1 Å². The van der Waals surface area contributed by atoms with E-state index in [0.717, 1.165) is 35.1 Å². The van der Waals surface area contributed by atoms with Gasteiger partial charge in [0, 0.05) is 17.8 Å². The van der Waals surface area contributed by atoms with Gasteiger partial charge in [0.1, 0.15) is 12.6 Å². The summed E-state index contributed by atoms with van der Waals surface area (Å²) < 4.78 is 5.55. The number of carbonyl (C=O) groups is 3. The second-order valence-electron chi connectivity index (χ2n) is 8.71. The van der Waals surface area contributed by atoms with Gasteiger partial charge >= 0.3 is 12.1 Å². The number of anilines is 1. The fourth-order valence-corrected chi connectivity index (χ4v) is 5.61. The number of ether oxygens (including phenoxy) is 1. The number of benzene rings is 2.